The van der Waals surface area contributed by atoms with Gasteiger partial charge in [0.15, 0.2) is 0 Å². The van der Waals surface area contributed by atoms with Crippen LogP contribution < -0.4 is 16.4 Å². The summed E-state index contributed by atoms with van der Waals surface area (Å²) in [7, 11) is 1.56. The van der Waals surface area contributed by atoms with Crippen LogP contribution in [0.1, 0.15) is 25.8 Å². The molecule has 5 nitrogen and oxygen atoms in total. The molecule has 0 saturated carbocycles. The molecule has 0 aliphatic rings. The molecule has 0 saturated heterocycles. The number of nitrogens with one attached hydrogen (secondary N) is 2. The number of hydrogen-bond donors (Lipinski definition) is 3. The summed E-state index contributed by atoms with van der Waals surface area (Å²) in [5, 5.41) is 5.31. The van der Waals surface area contributed by atoms with Crippen LogP contribution in [0.5, 0.6) is 0 Å². The average Bonchev–Trinajstić information content (AvgIpc) is 2.46. The van der Waals surface area contributed by atoms with Gasteiger partial charge in [-0.25, -0.2) is 0 Å². The van der Waals surface area contributed by atoms with E-state index in [2.05, 4.69) is 10.6 Å². The molecule has 5 heteroatoms. The van der Waals surface area contributed by atoms with Gasteiger partial charge in [-0.1, -0.05) is 44.2 Å². The summed E-state index contributed by atoms with van der Waals surface area (Å²) in [6.45, 7) is 4.01. The second-order valence-electron chi connectivity index (χ2n) is 5.60. The molecule has 1 aromatic carbocycles. The number of benzene rings is 1. The van der Waals surface area contributed by atoms with Crippen LogP contribution in [0.25, 0.3) is 0 Å². The van der Waals surface area contributed by atoms with E-state index in [1.807, 2.05) is 44.2 Å². The van der Waals surface area contributed by atoms with Gasteiger partial charge in [-0.3, -0.25) is 9.59 Å². The molecule has 0 aromatic heterocycles. The Hall–Kier alpha value is -1.88. The van der Waals surface area contributed by atoms with E-state index in [1.165, 1.54) is 0 Å². The van der Waals surface area contributed by atoms with Gasteiger partial charge in [0.1, 0.15) is 6.04 Å². The van der Waals surface area contributed by atoms with Crippen molar-refractivity contribution in [1.29, 1.82) is 0 Å². The predicted molar refractivity (Wildman–Crippen MR) is 83.6 cm³/mol. The number of amides is 2. The van der Waals surface area contributed by atoms with Crippen LogP contribution in [0.15, 0.2) is 30.3 Å². The third-order valence-electron chi connectivity index (χ3n) is 3.22. The lowest BCUT2D eigenvalue weighted by Gasteiger charge is -2.21. The van der Waals surface area contributed by atoms with Crippen molar-refractivity contribution in [1.82, 2.24) is 10.6 Å². The molecule has 4 N–H and O–H groups in total. The molecule has 0 fully saturated rings. The Kier molecular flexibility index (Phi) is 6.88. The van der Waals surface area contributed by atoms with Crippen LogP contribution in [-0.2, 0) is 16.0 Å². The summed E-state index contributed by atoms with van der Waals surface area (Å²) in [5.41, 5.74) is 6.93. The lowest BCUT2D eigenvalue weighted by Crippen LogP contribution is -2.52. The van der Waals surface area contributed by atoms with Crippen LogP contribution in [0.3, 0.4) is 0 Å². The van der Waals surface area contributed by atoms with Gasteiger partial charge in [-0.15, -0.1) is 0 Å². The largest absolute Gasteiger partial charge is 0.357 e. The van der Waals surface area contributed by atoms with Gasteiger partial charge in [0.2, 0.25) is 11.8 Å². The number of carbonyl (C=O) groups excluding carboxylic acids is 2. The molecule has 21 heavy (non-hydrogen) atoms. The number of nitrogens with two attached hydrogens (primary N) is 1. The standard InChI is InChI=1S/C16H25N3O2/c1-11(2)9-14(16(21)18-3)19-15(20)13(17)10-12-7-5-4-6-8-12/h4-8,11,13-14H,9-10,17H2,1-3H3,(H,18,21)(H,19,20). The highest BCUT2D eigenvalue weighted by molar-refractivity contribution is 5.89. The first-order chi connectivity index (χ1) is 9.93. The normalized spacial score (nSPS) is 13.6. The Morgan fingerprint density at radius 2 is 1.76 bits per heavy atom. The molecule has 0 aliphatic carbocycles. The van der Waals surface area contributed by atoms with Crippen molar-refractivity contribution in [3.63, 3.8) is 0 Å². The number of hydrogen-bond acceptors (Lipinski definition) is 3. The zero-order valence-electron chi connectivity index (χ0n) is 12.9. The van der Waals surface area contributed by atoms with Crippen molar-refractivity contribution >= 4 is 11.8 Å². The van der Waals surface area contributed by atoms with Crippen molar-refractivity contribution in [2.24, 2.45) is 11.7 Å². The molecule has 2 amide bonds. The molecule has 116 valence electrons. The molecule has 0 heterocycles. The molecule has 1 rings (SSSR count). The van der Waals surface area contributed by atoms with E-state index in [1.54, 1.807) is 7.05 Å². The van der Waals surface area contributed by atoms with Gasteiger partial charge < -0.3 is 16.4 Å². The van der Waals surface area contributed by atoms with Crippen LogP contribution in [-0.4, -0.2) is 30.9 Å². The van der Waals surface area contributed by atoms with Gasteiger partial charge in [-0.05, 0) is 24.3 Å². The van der Waals surface area contributed by atoms with Crippen LogP contribution in [0, 0.1) is 5.92 Å². The minimum absolute atomic E-state index is 0.191. The van der Waals surface area contributed by atoms with Gasteiger partial charge in [-0.2, -0.15) is 0 Å². The van der Waals surface area contributed by atoms with Gasteiger partial charge >= 0.3 is 0 Å². The summed E-state index contributed by atoms with van der Waals surface area (Å²) in [4.78, 5) is 23.9. The fourth-order valence-corrected chi connectivity index (χ4v) is 2.12. The van der Waals surface area contributed by atoms with E-state index in [-0.39, 0.29) is 11.8 Å². The smallest absolute Gasteiger partial charge is 0.242 e. The number of carbonyl (C=O) groups is 2. The Balaban J connectivity index is 2.61. The van der Waals surface area contributed by atoms with Crippen LogP contribution >= 0.6 is 0 Å². The monoisotopic (exact) mass is 291 g/mol. The van der Waals surface area contributed by atoms with Crippen molar-refractivity contribution in [2.45, 2.75) is 38.8 Å². The van der Waals surface area contributed by atoms with Crippen LogP contribution in [0.2, 0.25) is 0 Å². The topological polar surface area (TPSA) is 84.2 Å². The molecular weight excluding hydrogens is 266 g/mol. The first-order valence-corrected chi connectivity index (χ1v) is 7.25. The second-order valence-corrected chi connectivity index (χ2v) is 5.60. The molecule has 0 spiro atoms. The van der Waals surface area contributed by atoms with E-state index in [0.717, 1.165) is 5.56 Å². The maximum Gasteiger partial charge on any atom is 0.242 e. The highest BCUT2D eigenvalue weighted by atomic mass is 16.2. The fourth-order valence-electron chi connectivity index (χ4n) is 2.12. The molecule has 2 unspecified atom stereocenters. The van der Waals surface area contributed by atoms with Crippen molar-refractivity contribution in [3.8, 4) is 0 Å². The van der Waals surface area contributed by atoms with Crippen molar-refractivity contribution in [2.75, 3.05) is 7.05 Å². The SMILES string of the molecule is CNC(=O)C(CC(C)C)NC(=O)C(N)Cc1ccccc1. The highest BCUT2D eigenvalue weighted by Crippen LogP contribution is 2.06. The van der Waals surface area contributed by atoms with Crippen LogP contribution in [0.4, 0.5) is 0 Å². The lowest BCUT2D eigenvalue weighted by atomic mass is 10.0. The first-order valence-electron chi connectivity index (χ1n) is 7.25. The van der Waals surface area contributed by atoms with Gasteiger partial charge in [0.05, 0.1) is 6.04 Å². The van der Waals surface area contributed by atoms with Gasteiger partial charge in [0, 0.05) is 7.05 Å². The van der Waals surface area contributed by atoms with Gasteiger partial charge in [0.25, 0.3) is 0 Å². The van der Waals surface area contributed by atoms with E-state index in [0.29, 0.717) is 18.8 Å². The van der Waals surface area contributed by atoms with E-state index >= 15 is 0 Å². The number of rotatable bonds is 7. The second kappa shape index (κ2) is 8.42. The van der Waals surface area contributed by atoms with Crippen molar-refractivity contribution < 1.29 is 9.59 Å². The summed E-state index contributed by atoms with van der Waals surface area (Å²) in [5.74, 6) is -0.185. The molecule has 0 radical (unpaired) electrons. The summed E-state index contributed by atoms with van der Waals surface area (Å²) in [6.07, 6.45) is 1.04. The van der Waals surface area contributed by atoms with E-state index in [4.69, 9.17) is 5.73 Å². The summed E-state index contributed by atoms with van der Waals surface area (Å²) >= 11 is 0. The third-order valence-corrected chi connectivity index (χ3v) is 3.22. The zero-order chi connectivity index (χ0) is 15.8. The highest BCUT2D eigenvalue weighted by Gasteiger charge is 2.23. The molecular formula is C16H25N3O2. The summed E-state index contributed by atoms with van der Waals surface area (Å²) in [6, 6.07) is 8.39. The summed E-state index contributed by atoms with van der Waals surface area (Å²) < 4.78 is 0. The number of likely N-dealkylation sites (N-methyl/N-ethyl adjacent to an activating group) is 1. The average molecular weight is 291 g/mol. The fraction of sp³-hybridized carbons (Fsp3) is 0.500. The third kappa shape index (κ3) is 5.95. The molecule has 1 aromatic rings. The molecule has 0 aliphatic heterocycles. The quantitative estimate of drug-likeness (QED) is 0.696. The maximum absolute atomic E-state index is 12.1. The predicted octanol–water partition coefficient (Wildman–Crippen LogP) is 0.833. The van der Waals surface area contributed by atoms with Crippen molar-refractivity contribution in [3.05, 3.63) is 35.9 Å². The molecule has 0 bridgehead atoms. The zero-order valence-corrected chi connectivity index (χ0v) is 12.9. The first kappa shape index (κ1) is 17.2. The Morgan fingerprint density at radius 1 is 1.14 bits per heavy atom. The Labute approximate surface area is 126 Å². The van der Waals surface area contributed by atoms with E-state index < -0.39 is 12.1 Å². The minimum atomic E-state index is -0.660. The maximum atomic E-state index is 12.1. The Morgan fingerprint density at radius 3 is 2.29 bits per heavy atom. The molecule has 2 atom stereocenters. The van der Waals surface area contributed by atoms with E-state index in [9.17, 15) is 9.59 Å². The Bertz CT molecular complexity index is 460. The lowest BCUT2D eigenvalue weighted by molar-refractivity contribution is -0.129. The minimum Gasteiger partial charge on any atom is -0.357 e.